The van der Waals surface area contributed by atoms with Gasteiger partial charge in [-0.1, -0.05) is 18.5 Å². The average molecular weight is 272 g/mol. The molecule has 1 aliphatic rings. The van der Waals surface area contributed by atoms with Crippen LogP contribution in [-0.4, -0.2) is 12.3 Å². The fraction of sp³-hybridized carbons (Fsp3) is 0.615. The molecule has 4 heteroatoms. The molecule has 0 unspecified atom stereocenters. The van der Waals surface area contributed by atoms with E-state index in [1.807, 2.05) is 5.38 Å². The van der Waals surface area contributed by atoms with Gasteiger partial charge in [-0.3, -0.25) is 4.79 Å². The normalized spacial score (nSPS) is 29.2. The summed E-state index contributed by atoms with van der Waals surface area (Å²) in [6, 6.07) is 1.79. The molecule has 0 atom stereocenters. The van der Waals surface area contributed by atoms with Crippen LogP contribution in [0.15, 0.2) is 11.4 Å². The molecule has 1 heterocycles. The molecule has 2 N–H and O–H groups in total. The van der Waals surface area contributed by atoms with Crippen LogP contribution in [0, 0.1) is 11.3 Å². The molecule has 1 fully saturated rings. The van der Waals surface area contributed by atoms with Crippen molar-refractivity contribution in [3.05, 3.63) is 21.3 Å². The van der Waals surface area contributed by atoms with Gasteiger partial charge >= 0.3 is 0 Å². The van der Waals surface area contributed by atoms with Gasteiger partial charge in [0.05, 0.1) is 9.90 Å². The minimum absolute atomic E-state index is 0.159. The van der Waals surface area contributed by atoms with Gasteiger partial charge in [0.1, 0.15) is 0 Å². The maximum Gasteiger partial charge on any atom is 0.181 e. The van der Waals surface area contributed by atoms with Crippen molar-refractivity contribution in [2.45, 2.75) is 32.6 Å². The third-order valence-corrected chi connectivity index (χ3v) is 5.27. The lowest BCUT2D eigenvalue weighted by Crippen LogP contribution is -2.41. The number of hydrogen-bond donors (Lipinski definition) is 1. The molecule has 0 saturated heterocycles. The average Bonchev–Trinajstić information content (AvgIpc) is 2.76. The topological polar surface area (TPSA) is 43.1 Å². The number of rotatable bonds is 3. The predicted molar refractivity (Wildman–Crippen MR) is 72.8 cm³/mol. The SMILES string of the molecule is CC1CCC(CN)(C(=O)c2sccc2Cl)CC1. The van der Waals surface area contributed by atoms with E-state index in [1.54, 1.807) is 6.07 Å². The van der Waals surface area contributed by atoms with E-state index in [9.17, 15) is 4.79 Å². The minimum atomic E-state index is -0.360. The molecule has 1 saturated carbocycles. The smallest absolute Gasteiger partial charge is 0.181 e. The zero-order chi connectivity index (χ0) is 12.5. The Kier molecular flexibility index (Phi) is 3.91. The first-order chi connectivity index (χ1) is 8.09. The third kappa shape index (κ3) is 2.42. The lowest BCUT2D eigenvalue weighted by atomic mass is 9.68. The molecule has 0 aromatic carbocycles. The van der Waals surface area contributed by atoms with E-state index in [2.05, 4.69) is 6.92 Å². The molecule has 2 rings (SSSR count). The van der Waals surface area contributed by atoms with Crippen molar-refractivity contribution in [1.82, 2.24) is 0 Å². The van der Waals surface area contributed by atoms with Gasteiger partial charge in [0.25, 0.3) is 0 Å². The highest BCUT2D eigenvalue weighted by Gasteiger charge is 2.41. The maximum absolute atomic E-state index is 12.6. The Morgan fingerprint density at radius 2 is 2.24 bits per heavy atom. The summed E-state index contributed by atoms with van der Waals surface area (Å²) in [6.07, 6.45) is 3.98. The van der Waals surface area contributed by atoms with Crippen molar-refractivity contribution in [2.24, 2.45) is 17.1 Å². The van der Waals surface area contributed by atoms with Gasteiger partial charge in [0.2, 0.25) is 0 Å². The Morgan fingerprint density at radius 1 is 1.59 bits per heavy atom. The minimum Gasteiger partial charge on any atom is -0.329 e. The highest BCUT2D eigenvalue weighted by atomic mass is 35.5. The number of ketones is 1. The van der Waals surface area contributed by atoms with E-state index < -0.39 is 0 Å². The fourth-order valence-electron chi connectivity index (χ4n) is 2.54. The molecule has 0 spiro atoms. The third-order valence-electron chi connectivity index (χ3n) is 3.93. The van der Waals surface area contributed by atoms with Gasteiger partial charge in [-0.05, 0) is 43.0 Å². The second-order valence-electron chi connectivity index (χ2n) is 5.09. The van der Waals surface area contributed by atoms with Crippen molar-refractivity contribution < 1.29 is 4.79 Å². The van der Waals surface area contributed by atoms with Gasteiger partial charge < -0.3 is 5.73 Å². The van der Waals surface area contributed by atoms with Gasteiger partial charge in [-0.25, -0.2) is 0 Å². The van der Waals surface area contributed by atoms with Crippen molar-refractivity contribution >= 4 is 28.7 Å². The van der Waals surface area contributed by atoms with E-state index in [0.717, 1.165) is 25.7 Å². The van der Waals surface area contributed by atoms with Crippen molar-refractivity contribution in [2.75, 3.05) is 6.54 Å². The first kappa shape index (κ1) is 13.1. The maximum atomic E-state index is 12.6. The van der Waals surface area contributed by atoms with Crippen LogP contribution in [0.5, 0.6) is 0 Å². The largest absolute Gasteiger partial charge is 0.329 e. The molecule has 1 aromatic rings. The summed E-state index contributed by atoms with van der Waals surface area (Å²) >= 11 is 7.48. The summed E-state index contributed by atoms with van der Waals surface area (Å²) in [4.78, 5) is 13.3. The predicted octanol–water partition coefficient (Wildman–Crippen LogP) is 3.74. The summed E-state index contributed by atoms with van der Waals surface area (Å²) in [5.74, 6) is 0.869. The highest BCUT2D eigenvalue weighted by molar-refractivity contribution is 7.12. The van der Waals surface area contributed by atoms with Crippen LogP contribution in [0.25, 0.3) is 0 Å². The van der Waals surface area contributed by atoms with Crippen LogP contribution in [0.2, 0.25) is 5.02 Å². The van der Waals surface area contributed by atoms with Crippen LogP contribution >= 0.6 is 22.9 Å². The molecule has 0 aliphatic heterocycles. The van der Waals surface area contributed by atoms with Gasteiger partial charge in [0, 0.05) is 12.0 Å². The Bertz CT molecular complexity index is 407. The molecule has 0 radical (unpaired) electrons. The number of nitrogens with two attached hydrogens (primary N) is 1. The lowest BCUT2D eigenvalue weighted by Gasteiger charge is -2.36. The van der Waals surface area contributed by atoms with E-state index in [1.165, 1.54) is 11.3 Å². The number of thiophene rings is 1. The Balaban J connectivity index is 2.24. The summed E-state index contributed by atoms with van der Waals surface area (Å²) in [6.45, 7) is 2.68. The van der Waals surface area contributed by atoms with Crippen molar-refractivity contribution in [1.29, 1.82) is 0 Å². The number of carbonyl (C=O) groups excluding carboxylic acids is 1. The van der Waals surface area contributed by atoms with Crippen molar-refractivity contribution in [3.63, 3.8) is 0 Å². The van der Waals surface area contributed by atoms with Crippen LogP contribution < -0.4 is 5.73 Å². The lowest BCUT2D eigenvalue weighted by molar-refractivity contribution is 0.0700. The molecule has 0 amide bonds. The van der Waals surface area contributed by atoms with Crippen molar-refractivity contribution in [3.8, 4) is 0 Å². The molecule has 0 bridgehead atoms. The number of halogens is 1. The molecule has 1 aromatic heterocycles. The Labute approximate surface area is 111 Å². The number of Topliss-reactive ketones (excluding diaryl/α,β-unsaturated/α-hetero) is 1. The van der Waals surface area contributed by atoms with Crippen LogP contribution in [0.4, 0.5) is 0 Å². The van der Waals surface area contributed by atoms with Gasteiger partial charge in [0.15, 0.2) is 5.78 Å². The van der Waals surface area contributed by atoms with Gasteiger partial charge in [-0.15, -0.1) is 11.3 Å². The van der Waals surface area contributed by atoms with Gasteiger partial charge in [-0.2, -0.15) is 0 Å². The summed E-state index contributed by atoms with van der Waals surface area (Å²) < 4.78 is 0. The molecule has 17 heavy (non-hydrogen) atoms. The molecular weight excluding hydrogens is 254 g/mol. The Hall–Kier alpha value is -0.380. The zero-order valence-electron chi connectivity index (χ0n) is 10.0. The summed E-state index contributed by atoms with van der Waals surface area (Å²) in [7, 11) is 0. The van der Waals surface area contributed by atoms with Crippen LogP contribution in [0.3, 0.4) is 0 Å². The standard InChI is InChI=1S/C13H18ClNOS/c1-9-2-5-13(8-15,6-3-9)12(16)11-10(14)4-7-17-11/h4,7,9H,2-3,5-6,8,15H2,1H3. The molecule has 94 valence electrons. The number of hydrogen-bond acceptors (Lipinski definition) is 3. The van der Waals surface area contributed by atoms with E-state index in [4.69, 9.17) is 17.3 Å². The van der Waals surface area contributed by atoms with Crippen LogP contribution in [-0.2, 0) is 0 Å². The number of carbonyl (C=O) groups is 1. The first-order valence-corrected chi connectivity index (χ1v) is 7.33. The molecule has 1 aliphatic carbocycles. The molecule has 2 nitrogen and oxygen atoms in total. The second-order valence-corrected chi connectivity index (χ2v) is 6.42. The summed E-state index contributed by atoms with van der Waals surface area (Å²) in [5, 5.41) is 2.44. The van der Waals surface area contributed by atoms with E-state index >= 15 is 0 Å². The summed E-state index contributed by atoms with van der Waals surface area (Å²) in [5.41, 5.74) is 5.52. The highest BCUT2D eigenvalue weighted by Crippen LogP contribution is 2.42. The first-order valence-electron chi connectivity index (χ1n) is 6.07. The molecular formula is C13H18ClNOS. The van der Waals surface area contributed by atoms with E-state index in [0.29, 0.717) is 22.4 Å². The second kappa shape index (κ2) is 5.09. The Morgan fingerprint density at radius 3 is 2.71 bits per heavy atom. The quantitative estimate of drug-likeness (QED) is 0.851. The van der Waals surface area contributed by atoms with E-state index in [-0.39, 0.29) is 11.2 Å². The monoisotopic (exact) mass is 271 g/mol. The zero-order valence-corrected chi connectivity index (χ0v) is 11.6. The fourth-order valence-corrected chi connectivity index (χ4v) is 3.74. The van der Waals surface area contributed by atoms with Crippen LogP contribution in [0.1, 0.15) is 42.3 Å².